The lowest BCUT2D eigenvalue weighted by molar-refractivity contribution is -0.185. The van der Waals surface area contributed by atoms with Crippen LogP contribution >= 0.6 is 0 Å². The van der Waals surface area contributed by atoms with Gasteiger partial charge in [0, 0.05) is 12.3 Å². The minimum atomic E-state index is -1.44. The zero-order chi connectivity index (χ0) is 20.5. The quantitative estimate of drug-likeness (QED) is 0.472. The van der Waals surface area contributed by atoms with Gasteiger partial charge in [-0.1, -0.05) is 19.8 Å². The van der Waals surface area contributed by atoms with Crippen molar-refractivity contribution in [2.45, 2.75) is 89.6 Å². The van der Waals surface area contributed by atoms with Crippen molar-refractivity contribution in [2.75, 3.05) is 0 Å². The van der Waals surface area contributed by atoms with Crippen LogP contribution in [0.15, 0.2) is 0 Å². The molecule has 0 aromatic carbocycles. The number of terminal acetylenes is 1. The summed E-state index contributed by atoms with van der Waals surface area (Å²) in [5.74, 6) is 3.35. The lowest BCUT2D eigenvalue weighted by atomic mass is 9.44. The highest BCUT2D eigenvalue weighted by atomic mass is 16.6. The maximum absolute atomic E-state index is 11.6. The van der Waals surface area contributed by atoms with Gasteiger partial charge in [0.05, 0.1) is 12.2 Å². The van der Waals surface area contributed by atoms with Crippen LogP contribution in [0.25, 0.3) is 0 Å². The summed E-state index contributed by atoms with van der Waals surface area (Å²) in [6.45, 7) is 5.73. The zero-order valence-corrected chi connectivity index (χ0v) is 17.2. The number of rotatable bonds is 1. The van der Waals surface area contributed by atoms with Gasteiger partial charge in [0.1, 0.15) is 6.10 Å². The van der Waals surface area contributed by atoms with Gasteiger partial charge in [-0.3, -0.25) is 4.79 Å². The van der Waals surface area contributed by atoms with Crippen LogP contribution in [0.3, 0.4) is 0 Å². The van der Waals surface area contributed by atoms with E-state index in [1.54, 1.807) is 0 Å². The van der Waals surface area contributed by atoms with Crippen molar-refractivity contribution in [3.63, 3.8) is 0 Å². The summed E-state index contributed by atoms with van der Waals surface area (Å²) in [6, 6.07) is 0. The number of carbonyl (C=O) groups excluding carboxylic acids is 1. The van der Waals surface area contributed by atoms with E-state index in [2.05, 4.69) is 19.8 Å². The lowest BCUT2D eigenvalue weighted by Crippen LogP contribution is -2.60. The second-order valence-electron chi connectivity index (χ2n) is 10.4. The van der Waals surface area contributed by atoms with E-state index < -0.39 is 35.3 Å². The molecule has 3 N–H and O–H groups in total. The average Bonchev–Trinajstić information content (AvgIpc) is 2.86. The first-order valence-electron chi connectivity index (χ1n) is 10.8. The fraction of sp³-hybridized carbons (Fsp3) is 0.870. The van der Waals surface area contributed by atoms with E-state index in [4.69, 9.17) is 11.2 Å². The highest BCUT2D eigenvalue weighted by Gasteiger charge is 2.69. The zero-order valence-electron chi connectivity index (χ0n) is 17.2. The van der Waals surface area contributed by atoms with Gasteiger partial charge in [0.25, 0.3) is 0 Å². The standard InChI is InChI=1S/C23H34O5/c1-5-23(27)19(28-13(2)24)12-17-14-6-7-16-20(26)18(25)9-10-21(16,3)15(14)8-11-22(17,23)4/h1,14-20,25-27H,6-12H2,2-4H3/t14-,15+,16?,17+,18+,19-,20+,21-,22+,23+/m1/s1. The Kier molecular flexibility index (Phi) is 4.65. The first-order chi connectivity index (χ1) is 13.1. The summed E-state index contributed by atoms with van der Waals surface area (Å²) in [5, 5.41) is 32.3. The summed E-state index contributed by atoms with van der Waals surface area (Å²) in [6.07, 6.45) is 9.64. The van der Waals surface area contributed by atoms with Gasteiger partial charge in [-0.25, -0.2) is 0 Å². The second kappa shape index (κ2) is 6.45. The molecule has 5 heteroatoms. The van der Waals surface area contributed by atoms with Crippen molar-refractivity contribution < 1.29 is 24.9 Å². The van der Waals surface area contributed by atoms with Crippen LogP contribution in [0.4, 0.5) is 0 Å². The van der Waals surface area contributed by atoms with E-state index in [1.807, 2.05) is 0 Å². The van der Waals surface area contributed by atoms with E-state index in [9.17, 15) is 20.1 Å². The smallest absolute Gasteiger partial charge is 0.303 e. The lowest BCUT2D eigenvalue weighted by Gasteiger charge is -2.61. The van der Waals surface area contributed by atoms with Gasteiger partial charge < -0.3 is 20.1 Å². The normalized spacial score (nSPS) is 55.4. The van der Waals surface area contributed by atoms with Crippen LogP contribution in [-0.4, -0.2) is 45.2 Å². The van der Waals surface area contributed by atoms with E-state index in [-0.39, 0.29) is 17.3 Å². The molecule has 4 fully saturated rings. The van der Waals surface area contributed by atoms with Crippen molar-refractivity contribution in [1.29, 1.82) is 0 Å². The number of carbonyl (C=O) groups is 1. The number of hydrogen-bond donors (Lipinski definition) is 3. The Hall–Kier alpha value is -1.09. The van der Waals surface area contributed by atoms with Crippen LogP contribution < -0.4 is 0 Å². The second-order valence-corrected chi connectivity index (χ2v) is 10.4. The predicted octanol–water partition coefficient (Wildman–Crippen LogP) is 2.27. The molecule has 4 aliphatic carbocycles. The fourth-order valence-corrected chi connectivity index (χ4v) is 7.90. The molecule has 0 amide bonds. The summed E-state index contributed by atoms with van der Waals surface area (Å²) in [4.78, 5) is 11.6. The molecule has 4 aliphatic rings. The van der Waals surface area contributed by atoms with Crippen molar-refractivity contribution in [1.82, 2.24) is 0 Å². The van der Waals surface area contributed by atoms with Crippen LogP contribution in [0.1, 0.15) is 65.7 Å². The summed E-state index contributed by atoms with van der Waals surface area (Å²) in [5.41, 5.74) is -1.91. The predicted molar refractivity (Wildman–Crippen MR) is 104 cm³/mol. The molecule has 0 saturated heterocycles. The highest BCUT2D eigenvalue weighted by molar-refractivity contribution is 5.66. The van der Waals surface area contributed by atoms with Crippen LogP contribution in [0.5, 0.6) is 0 Å². The first kappa shape index (κ1) is 20.2. The first-order valence-corrected chi connectivity index (χ1v) is 10.8. The van der Waals surface area contributed by atoms with Crippen molar-refractivity contribution in [2.24, 2.45) is 34.5 Å². The number of esters is 1. The van der Waals surface area contributed by atoms with Gasteiger partial charge in [0.2, 0.25) is 0 Å². The minimum Gasteiger partial charge on any atom is -0.458 e. The molecule has 0 radical (unpaired) electrons. The molecule has 0 heterocycles. The molecule has 0 aromatic rings. The molecule has 0 aromatic heterocycles. The maximum Gasteiger partial charge on any atom is 0.303 e. The molecule has 10 atom stereocenters. The van der Waals surface area contributed by atoms with Crippen LogP contribution in [0, 0.1) is 46.8 Å². The van der Waals surface area contributed by atoms with E-state index in [1.165, 1.54) is 6.92 Å². The Morgan fingerprint density at radius 2 is 1.79 bits per heavy atom. The average molecular weight is 391 g/mol. The van der Waals surface area contributed by atoms with E-state index in [0.717, 1.165) is 32.1 Å². The molecule has 5 nitrogen and oxygen atoms in total. The SMILES string of the molecule is C#C[C@]1(O)[C@H](OC(C)=O)C[C@H]2[C@@H]3CCC4[C@H](O)[C@@H](O)CC[C@]4(C)[C@H]3CC[C@@]21C. The molecule has 4 rings (SSSR count). The number of ether oxygens (including phenoxy) is 1. The van der Waals surface area contributed by atoms with Gasteiger partial charge >= 0.3 is 5.97 Å². The number of aliphatic hydroxyl groups excluding tert-OH is 2. The fourth-order valence-electron chi connectivity index (χ4n) is 7.90. The number of fused-ring (bicyclic) bond motifs is 5. The van der Waals surface area contributed by atoms with Crippen LogP contribution in [0.2, 0.25) is 0 Å². The number of hydrogen-bond acceptors (Lipinski definition) is 5. The molecule has 28 heavy (non-hydrogen) atoms. The monoisotopic (exact) mass is 390 g/mol. The van der Waals surface area contributed by atoms with Gasteiger partial charge in [0.15, 0.2) is 5.60 Å². The molecular formula is C23H34O5. The van der Waals surface area contributed by atoms with E-state index >= 15 is 0 Å². The molecular weight excluding hydrogens is 356 g/mol. The van der Waals surface area contributed by atoms with Gasteiger partial charge in [-0.05, 0) is 74.0 Å². The molecule has 0 aliphatic heterocycles. The third-order valence-corrected chi connectivity index (χ3v) is 9.45. The Bertz CT molecular complexity index is 700. The largest absolute Gasteiger partial charge is 0.458 e. The molecule has 0 spiro atoms. The van der Waals surface area contributed by atoms with Crippen LogP contribution in [-0.2, 0) is 9.53 Å². The van der Waals surface area contributed by atoms with Crippen molar-refractivity contribution in [3.8, 4) is 12.3 Å². The molecule has 0 bridgehead atoms. The third-order valence-electron chi connectivity index (χ3n) is 9.45. The Morgan fingerprint density at radius 1 is 1.07 bits per heavy atom. The van der Waals surface area contributed by atoms with Crippen molar-refractivity contribution in [3.05, 3.63) is 0 Å². The maximum atomic E-state index is 11.6. The Labute approximate surface area is 167 Å². The third kappa shape index (κ3) is 2.47. The van der Waals surface area contributed by atoms with Crippen molar-refractivity contribution >= 4 is 5.97 Å². The minimum absolute atomic E-state index is 0.00330. The molecule has 4 saturated carbocycles. The molecule has 1 unspecified atom stereocenters. The topological polar surface area (TPSA) is 87.0 Å². The summed E-state index contributed by atoms with van der Waals surface area (Å²) >= 11 is 0. The summed E-state index contributed by atoms with van der Waals surface area (Å²) in [7, 11) is 0. The van der Waals surface area contributed by atoms with Gasteiger partial charge in [-0.15, -0.1) is 6.42 Å². The molecule has 156 valence electrons. The highest BCUT2D eigenvalue weighted by Crippen LogP contribution is 2.68. The summed E-state index contributed by atoms with van der Waals surface area (Å²) < 4.78 is 5.51. The number of aliphatic hydroxyl groups is 3. The van der Waals surface area contributed by atoms with E-state index in [0.29, 0.717) is 24.7 Å². The van der Waals surface area contributed by atoms with Gasteiger partial charge in [-0.2, -0.15) is 0 Å². The Morgan fingerprint density at radius 3 is 2.43 bits per heavy atom. The Balaban J connectivity index is 1.67.